The Labute approximate surface area is 98.3 Å². The molecule has 0 aliphatic carbocycles. The monoisotopic (exact) mass is 271 g/mol. The Balaban J connectivity index is 2.96. The van der Waals surface area contributed by atoms with E-state index in [1.54, 1.807) is 25.1 Å². The van der Waals surface area contributed by atoms with Gasteiger partial charge >= 0.3 is 0 Å². The lowest BCUT2D eigenvalue weighted by Gasteiger charge is -2.13. The summed E-state index contributed by atoms with van der Waals surface area (Å²) in [4.78, 5) is 0. The molecule has 0 saturated heterocycles. The Morgan fingerprint density at radius 2 is 2.27 bits per heavy atom. The lowest BCUT2D eigenvalue weighted by Crippen LogP contribution is -2.12. The standard InChI is InChI=1S/C12H15BrFN/c1-3-4-5-11(15)10-7-9(13)6-8(2)12(10)14/h3,6-7,11H,1,4-5,15H2,2H3/t11-/m1/s1. The first-order valence-corrected chi connectivity index (χ1v) is 5.67. The number of allylic oxidation sites excluding steroid dienone is 1. The third-order valence-electron chi connectivity index (χ3n) is 2.33. The van der Waals surface area contributed by atoms with Crippen molar-refractivity contribution in [3.05, 3.63) is 46.2 Å². The van der Waals surface area contributed by atoms with E-state index in [4.69, 9.17) is 5.73 Å². The summed E-state index contributed by atoms with van der Waals surface area (Å²) in [5.41, 5.74) is 7.10. The average Bonchev–Trinajstić information content (AvgIpc) is 2.19. The molecule has 1 aromatic carbocycles. The highest BCUT2D eigenvalue weighted by atomic mass is 79.9. The zero-order chi connectivity index (χ0) is 11.4. The zero-order valence-electron chi connectivity index (χ0n) is 8.76. The van der Waals surface area contributed by atoms with Crippen LogP contribution in [0.15, 0.2) is 29.3 Å². The lowest BCUT2D eigenvalue weighted by molar-refractivity contribution is 0.559. The van der Waals surface area contributed by atoms with Gasteiger partial charge in [0.2, 0.25) is 0 Å². The summed E-state index contributed by atoms with van der Waals surface area (Å²) in [6, 6.07) is 3.23. The molecule has 82 valence electrons. The molecule has 0 amide bonds. The smallest absolute Gasteiger partial charge is 0.130 e. The summed E-state index contributed by atoms with van der Waals surface area (Å²) in [7, 11) is 0. The van der Waals surface area contributed by atoms with E-state index in [1.165, 1.54) is 0 Å². The van der Waals surface area contributed by atoms with Crippen molar-refractivity contribution in [2.75, 3.05) is 0 Å². The number of nitrogens with two attached hydrogens (primary N) is 1. The Morgan fingerprint density at radius 3 is 2.87 bits per heavy atom. The maximum atomic E-state index is 13.7. The maximum absolute atomic E-state index is 13.7. The minimum atomic E-state index is -0.265. The first-order chi connectivity index (χ1) is 7.06. The van der Waals surface area contributed by atoms with Crippen LogP contribution in [0.25, 0.3) is 0 Å². The number of hydrogen-bond acceptors (Lipinski definition) is 1. The first kappa shape index (κ1) is 12.4. The van der Waals surface area contributed by atoms with Crippen LogP contribution in [0.2, 0.25) is 0 Å². The van der Waals surface area contributed by atoms with Gasteiger partial charge in [-0.2, -0.15) is 0 Å². The van der Waals surface area contributed by atoms with Crippen LogP contribution in [0.3, 0.4) is 0 Å². The van der Waals surface area contributed by atoms with E-state index < -0.39 is 0 Å². The van der Waals surface area contributed by atoms with Crippen molar-refractivity contribution in [1.82, 2.24) is 0 Å². The molecule has 0 aliphatic rings. The van der Waals surface area contributed by atoms with Crippen molar-refractivity contribution in [2.24, 2.45) is 5.73 Å². The van der Waals surface area contributed by atoms with Crippen molar-refractivity contribution in [3.8, 4) is 0 Å². The van der Waals surface area contributed by atoms with Crippen LogP contribution in [0.5, 0.6) is 0 Å². The van der Waals surface area contributed by atoms with Crippen LogP contribution >= 0.6 is 15.9 Å². The number of benzene rings is 1. The summed E-state index contributed by atoms with van der Waals surface area (Å²) in [6.07, 6.45) is 3.31. The summed E-state index contributed by atoms with van der Waals surface area (Å²) in [5.74, 6) is -0.199. The second-order valence-electron chi connectivity index (χ2n) is 3.60. The third kappa shape index (κ3) is 3.14. The van der Waals surface area contributed by atoms with E-state index in [1.807, 2.05) is 0 Å². The van der Waals surface area contributed by atoms with Gasteiger partial charge < -0.3 is 5.73 Å². The molecule has 0 heterocycles. The Morgan fingerprint density at radius 1 is 1.60 bits per heavy atom. The molecule has 0 unspecified atom stereocenters. The Hall–Kier alpha value is -0.670. The lowest BCUT2D eigenvalue weighted by atomic mass is 10.0. The van der Waals surface area contributed by atoms with Gasteiger partial charge in [-0.15, -0.1) is 6.58 Å². The quantitative estimate of drug-likeness (QED) is 0.827. The van der Waals surface area contributed by atoms with Crippen LogP contribution in [-0.4, -0.2) is 0 Å². The third-order valence-corrected chi connectivity index (χ3v) is 2.79. The second kappa shape index (κ2) is 5.42. The van der Waals surface area contributed by atoms with E-state index in [2.05, 4.69) is 22.5 Å². The van der Waals surface area contributed by atoms with Crippen molar-refractivity contribution in [1.29, 1.82) is 0 Å². The number of rotatable bonds is 4. The number of halogens is 2. The van der Waals surface area contributed by atoms with Crippen molar-refractivity contribution < 1.29 is 4.39 Å². The molecule has 0 aliphatic heterocycles. The molecule has 0 fully saturated rings. The first-order valence-electron chi connectivity index (χ1n) is 4.88. The molecule has 2 N–H and O–H groups in total. The van der Waals surface area contributed by atoms with E-state index >= 15 is 0 Å². The Kier molecular flexibility index (Phi) is 4.48. The highest BCUT2D eigenvalue weighted by Crippen LogP contribution is 2.25. The van der Waals surface area contributed by atoms with Crippen molar-refractivity contribution in [2.45, 2.75) is 25.8 Å². The summed E-state index contributed by atoms with van der Waals surface area (Å²) < 4.78 is 14.6. The number of aryl methyl sites for hydroxylation is 1. The molecular formula is C12H15BrFN. The highest BCUT2D eigenvalue weighted by Gasteiger charge is 2.13. The van der Waals surface area contributed by atoms with Gasteiger partial charge in [0.05, 0.1) is 0 Å². The molecule has 1 aromatic rings. The highest BCUT2D eigenvalue weighted by molar-refractivity contribution is 9.10. The van der Waals surface area contributed by atoms with Gasteiger partial charge in [0.25, 0.3) is 0 Å². The second-order valence-corrected chi connectivity index (χ2v) is 4.51. The summed E-state index contributed by atoms with van der Waals surface area (Å²) in [6.45, 7) is 5.37. The van der Waals surface area contributed by atoms with Gasteiger partial charge in [-0.25, -0.2) is 4.39 Å². The predicted molar refractivity (Wildman–Crippen MR) is 65.2 cm³/mol. The molecule has 1 nitrogen and oxygen atoms in total. The summed E-state index contributed by atoms with van der Waals surface area (Å²) >= 11 is 3.34. The molecule has 0 saturated carbocycles. The Bertz CT molecular complexity index is 363. The van der Waals surface area contributed by atoms with Crippen LogP contribution in [0.1, 0.15) is 30.0 Å². The minimum Gasteiger partial charge on any atom is -0.324 e. The fraction of sp³-hybridized carbons (Fsp3) is 0.333. The predicted octanol–water partition coefficient (Wildman–Crippen LogP) is 3.86. The van der Waals surface area contributed by atoms with Gasteiger partial charge in [0, 0.05) is 16.1 Å². The van der Waals surface area contributed by atoms with Gasteiger partial charge in [-0.3, -0.25) is 0 Å². The molecule has 0 aromatic heterocycles. The normalized spacial score (nSPS) is 12.5. The number of hydrogen-bond donors (Lipinski definition) is 1. The van der Waals surface area contributed by atoms with E-state index in [-0.39, 0.29) is 11.9 Å². The van der Waals surface area contributed by atoms with Gasteiger partial charge in [-0.05, 0) is 37.5 Å². The molecule has 0 bridgehead atoms. The fourth-order valence-corrected chi connectivity index (χ4v) is 2.06. The largest absolute Gasteiger partial charge is 0.324 e. The van der Waals surface area contributed by atoms with E-state index in [9.17, 15) is 4.39 Å². The maximum Gasteiger partial charge on any atom is 0.130 e. The molecule has 15 heavy (non-hydrogen) atoms. The summed E-state index contributed by atoms with van der Waals surface area (Å²) in [5, 5.41) is 0. The molecule has 0 spiro atoms. The molecule has 3 heteroatoms. The molecular weight excluding hydrogens is 257 g/mol. The topological polar surface area (TPSA) is 26.0 Å². The van der Waals surface area contributed by atoms with Crippen LogP contribution < -0.4 is 5.73 Å². The van der Waals surface area contributed by atoms with Crippen molar-refractivity contribution >= 4 is 15.9 Å². The average molecular weight is 272 g/mol. The zero-order valence-corrected chi connectivity index (χ0v) is 10.3. The van der Waals surface area contributed by atoms with Crippen LogP contribution in [-0.2, 0) is 0 Å². The van der Waals surface area contributed by atoms with Gasteiger partial charge in [0.1, 0.15) is 5.82 Å². The molecule has 1 atom stereocenters. The minimum absolute atomic E-state index is 0.199. The van der Waals surface area contributed by atoms with Gasteiger partial charge in [-0.1, -0.05) is 22.0 Å². The van der Waals surface area contributed by atoms with Crippen LogP contribution in [0.4, 0.5) is 4.39 Å². The van der Waals surface area contributed by atoms with Gasteiger partial charge in [0.15, 0.2) is 0 Å². The molecule has 0 radical (unpaired) electrons. The fourth-order valence-electron chi connectivity index (χ4n) is 1.47. The van der Waals surface area contributed by atoms with E-state index in [0.29, 0.717) is 11.1 Å². The van der Waals surface area contributed by atoms with Crippen molar-refractivity contribution in [3.63, 3.8) is 0 Å². The molecule has 1 rings (SSSR count). The SMILES string of the molecule is C=CCC[C@@H](N)c1cc(Br)cc(C)c1F. The van der Waals surface area contributed by atoms with E-state index in [0.717, 1.165) is 17.3 Å². The van der Waals surface area contributed by atoms with Crippen LogP contribution in [0, 0.1) is 12.7 Å².